The molecule has 0 heterocycles. The number of carbonyl (C=O) groups is 5. The van der Waals surface area contributed by atoms with E-state index in [-0.39, 0.29) is 31.4 Å². The van der Waals surface area contributed by atoms with Gasteiger partial charge in [0.25, 0.3) is 0 Å². The molecule has 20 nitrogen and oxygen atoms in total. The number of anilines is 2. The van der Waals surface area contributed by atoms with Crippen LogP contribution in [-0.2, 0) is 32.3 Å². The van der Waals surface area contributed by atoms with Crippen molar-refractivity contribution in [2.75, 3.05) is 43.5 Å². The van der Waals surface area contributed by atoms with Crippen LogP contribution in [0.3, 0.4) is 0 Å². The standard InChI is InChI=1S/C43H69N9O11Si/c1-13-58-64(59-14-2,60-15-3)29-17-28-45-37(54)47-31-21-25-33(26-22-31)52-51-32-23-19-30(20-24-32)46-35(53)34(48-38(55)61-41(4,5)6)18-16-27-44-36(49-39(56)62-42(7,8)9)50-40(57)63-43(10,11)12/h19-26,34H,13-18,27-29H2,1-12H3,(H,46,53)(H,48,55)(H2,45,47,54)(H2,44,49,50,56,57)/t34-/m0/s1. The molecule has 0 radical (unpaired) electrons. The highest BCUT2D eigenvalue weighted by Gasteiger charge is 2.39. The van der Waals surface area contributed by atoms with Crippen LogP contribution in [0.5, 0.6) is 0 Å². The number of urea groups is 1. The lowest BCUT2D eigenvalue weighted by Gasteiger charge is -2.28. The molecular formula is C43H69N9O11Si. The summed E-state index contributed by atoms with van der Waals surface area (Å²) in [5.74, 6) is -0.745. The van der Waals surface area contributed by atoms with Gasteiger partial charge in [0, 0.05) is 50.3 Å². The van der Waals surface area contributed by atoms with Crippen LogP contribution in [0, 0.1) is 0 Å². The molecule has 0 bridgehead atoms. The molecule has 2 rings (SSSR count). The molecular weight excluding hydrogens is 847 g/mol. The third kappa shape index (κ3) is 23.7. The monoisotopic (exact) mass is 915 g/mol. The van der Waals surface area contributed by atoms with E-state index in [2.05, 4.69) is 47.1 Å². The Morgan fingerprint density at radius 3 is 1.48 bits per heavy atom. The topological polar surface area (TPSA) is 250 Å². The number of amides is 6. The Kier molecular flexibility index (Phi) is 22.3. The molecule has 356 valence electrons. The zero-order valence-electron chi connectivity index (χ0n) is 39.4. The molecule has 64 heavy (non-hydrogen) atoms. The zero-order chi connectivity index (χ0) is 48.0. The van der Waals surface area contributed by atoms with Gasteiger partial charge < -0.3 is 48.8 Å². The number of azo groups is 1. The summed E-state index contributed by atoms with van der Waals surface area (Å²) in [5.41, 5.74) is -0.407. The third-order valence-electron chi connectivity index (χ3n) is 7.75. The van der Waals surface area contributed by atoms with E-state index in [1.54, 1.807) is 111 Å². The maximum Gasteiger partial charge on any atom is 0.500 e. The Labute approximate surface area is 378 Å². The maximum absolute atomic E-state index is 13.5. The Balaban J connectivity index is 2.04. The largest absolute Gasteiger partial charge is 0.500 e. The first-order chi connectivity index (χ1) is 29.9. The van der Waals surface area contributed by atoms with Crippen LogP contribution in [0.1, 0.15) is 102 Å². The van der Waals surface area contributed by atoms with Gasteiger partial charge in [-0.05, 0) is 151 Å². The van der Waals surface area contributed by atoms with Crippen LogP contribution in [0.4, 0.5) is 41.9 Å². The summed E-state index contributed by atoms with van der Waals surface area (Å²) < 4.78 is 33.6. The second-order valence-corrected chi connectivity index (χ2v) is 19.8. The molecule has 0 aromatic heterocycles. The number of alkyl carbamates (subject to hydrolysis) is 3. The predicted octanol–water partition coefficient (Wildman–Crippen LogP) is 8.68. The highest BCUT2D eigenvalue weighted by Crippen LogP contribution is 2.23. The van der Waals surface area contributed by atoms with Gasteiger partial charge in [-0.25, -0.2) is 19.2 Å². The minimum atomic E-state index is -2.78. The van der Waals surface area contributed by atoms with Crippen molar-refractivity contribution in [3.8, 4) is 0 Å². The Bertz CT molecular complexity index is 1810. The van der Waals surface area contributed by atoms with Crippen LogP contribution in [0.2, 0.25) is 6.04 Å². The number of carbonyl (C=O) groups excluding carboxylic acids is 5. The molecule has 0 saturated heterocycles. The van der Waals surface area contributed by atoms with Crippen molar-refractivity contribution in [1.29, 1.82) is 0 Å². The Hall–Kier alpha value is -5.64. The van der Waals surface area contributed by atoms with E-state index in [1.807, 2.05) is 20.8 Å². The summed E-state index contributed by atoms with van der Waals surface area (Å²) in [7, 11) is -2.78. The van der Waals surface area contributed by atoms with Gasteiger partial charge in [-0.3, -0.25) is 20.4 Å². The van der Waals surface area contributed by atoms with Gasteiger partial charge in [-0.15, -0.1) is 0 Å². The van der Waals surface area contributed by atoms with Crippen molar-refractivity contribution in [2.24, 2.45) is 15.2 Å². The summed E-state index contributed by atoms with van der Waals surface area (Å²) in [6.07, 6.45) is -1.52. The smallest absolute Gasteiger partial charge is 0.444 e. The lowest BCUT2D eigenvalue weighted by Crippen LogP contribution is -2.47. The minimum absolute atomic E-state index is 0.0256. The Morgan fingerprint density at radius 2 is 1.05 bits per heavy atom. The van der Waals surface area contributed by atoms with Crippen molar-refractivity contribution in [1.82, 2.24) is 21.3 Å². The highest BCUT2D eigenvalue weighted by atomic mass is 28.4. The van der Waals surface area contributed by atoms with Crippen molar-refractivity contribution >= 4 is 67.7 Å². The van der Waals surface area contributed by atoms with E-state index in [9.17, 15) is 24.0 Å². The van der Waals surface area contributed by atoms with Crippen molar-refractivity contribution in [2.45, 2.75) is 131 Å². The van der Waals surface area contributed by atoms with Gasteiger partial charge in [0.05, 0.1) is 11.4 Å². The number of guanidine groups is 1. The summed E-state index contributed by atoms with van der Waals surface area (Å²) >= 11 is 0. The van der Waals surface area contributed by atoms with Gasteiger partial charge >= 0.3 is 33.1 Å². The van der Waals surface area contributed by atoms with Gasteiger partial charge in [0.2, 0.25) is 11.9 Å². The molecule has 0 unspecified atom stereocenters. The van der Waals surface area contributed by atoms with Crippen molar-refractivity contribution in [3.05, 3.63) is 48.5 Å². The van der Waals surface area contributed by atoms with E-state index < -0.39 is 55.8 Å². The van der Waals surface area contributed by atoms with E-state index >= 15 is 0 Å². The van der Waals surface area contributed by atoms with Gasteiger partial charge in [-0.1, -0.05) is 0 Å². The second kappa shape index (κ2) is 26.2. The average Bonchev–Trinajstić information content (AvgIpc) is 3.16. The predicted molar refractivity (Wildman–Crippen MR) is 246 cm³/mol. The van der Waals surface area contributed by atoms with Crippen molar-refractivity contribution in [3.63, 3.8) is 0 Å². The van der Waals surface area contributed by atoms with E-state index in [1.165, 1.54) is 0 Å². The molecule has 0 aliphatic rings. The zero-order valence-corrected chi connectivity index (χ0v) is 40.4. The van der Waals surface area contributed by atoms with E-state index in [0.717, 1.165) is 0 Å². The molecule has 0 saturated carbocycles. The van der Waals surface area contributed by atoms with Crippen LogP contribution in [-0.4, -0.2) is 101 Å². The summed E-state index contributed by atoms with van der Waals surface area (Å²) in [6.45, 7) is 22.8. The Morgan fingerprint density at radius 1 is 0.609 bits per heavy atom. The molecule has 0 aliphatic heterocycles. The number of rotatable bonds is 20. The summed E-state index contributed by atoms with van der Waals surface area (Å²) in [5, 5.41) is 24.4. The number of hydrogen-bond donors (Lipinski definition) is 6. The molecule has 0 spiro atoms. The molecule has 2 aromatic rings. The van der Waals surface area contributed by atoms with Gasteiger partial charge in [0.1, 0.15) is 22.8 Å². The molecule has 0 aliphatic carbocycles. The molecule has 6 amide bonds. The summed E-state index contributed by atoms with van der Waals surface area (Å²) in [6, 6.07) is 12.6. The highest BCUT2D eigenvalue weighted by molar-refractivity contribution is 6.60. The van der Waals surface area contributed by atoms with Crippen LogP contribution in [0.15, 0.2) is 63.8 Å². The van der Waals surface area contributed by atoms with Gasteiger partial charge in [-0.2, -0.15) is 10.2 Å². The molecule has 1 atom stereocenters. The molecule has 21 heteroatoms. The lowest BCUT2D eigenvalue weighted by atomic mass is 10.1. The van der Waals surface area contributed by atoms with Crippen LogP contribution < -0.4 is 31.9 Å². The molecule has 2 aromatic carbocycles. The quantitative estimate of drug-likeness (QED) is 0.0183. The number of ether oxygens (including phenoxy) is 3. The number of aliphatic imine (C=N–C) groups is 1. The number of nitrogens with zero attached hydrogens (tertiary/aromatic N) is 3. The SMILES string of the molecule is CCO[Si](CCCNC(=O)Nc1ccc(N=Nc2ccc(NC(=O)[C@H](CCCN=C(NC(=O)OC(C)(C)C)NC(=O)OC(C)(C)C)NC(=O)OC(C)(C)C)cc2)cc1)(OCC)OCC. The van der Waals surface area contributed by atoms with Gasteiger partial charge in [0.15, 0.2) is 0 Å². The number of hydrogen-bond acceptors (Lipinski definition) is 14. The lowest BCUT2D eigenvalue weighted by molar-refractivity contribution is -0.118. The van der Waals surface area contributed by atoms with Crippen LogP contribution in [0.25, 0.3) is 0 Å². The fourth-order valence-corrected chi connectivity index (χ4v) is 7.98. The summed E-state index contributed by atoms with van der Waals surface area (Å²) in [4.78, 5) is 68.0. The first kappa shape index (κ1) is 54.5. The number of nitrogens with one attached hydrogen (secondary N) is 6. The first-order valence-electron chi connectivity index (χ1n) is 21.4. The van der Waals surface area contributed by atoms with E-state index in [4.69, 9.17) is 27.5 Å². The maximum atomic E-state index is 13.5. The normalized spacial score (nSPS) is 12.4. The first-order valence-corrected chi connectivity index (χ1v) is 23.3. The minimum Gasteiger partial charge on any atom is -0.444 e. The number of benzene rings is 2. The van der Waals surface area contributed by atoms with Crippen LogP contribution >= 0.6 is 0 Å². The molecule has 0 fully saturated rings. The van der Waals surface area contributed by atoms with E-state index in [0.29, 0.717) is 61.6 Å². The fourth-order valence-electron chi connectivity index (χ4n) is 5.37. The molecule has 6 N–H and O–H groups in total. The van der Waals surface area contributed by atoms with Crippen molar-refractivity contribution < 1.29 is 51.5 Å². The fraction of sp³-hybridized carbons (Fsp3) is 0.581. The third-order valence-corrected chi connectivity index (χ3v) is 10.9. The average molecular weight is 916 g/mol. The second-order valence-electron chi connectivity index (χ2n) is 17.1.